The van der Waals surface area contributed by atoms with Crippen LogP contribution in [0.1, 0.15) is 15.9 Å². The van der Waals surface area contributed by atoms with Gasteiger partial charge in [-0.2, -0.15) is 18.0 Å². The number of hydrogen-bond acceptors (Lipinski definition) is 4. The number of benzene rings is 2. The minimum absolute atomic E-state index is 0.0211. The Balaban J connectivity index is 1.57. The van der Waals surface area contributed by atoms with Gasteiger partial charge in [0, 0.05) is 28.2 Å². The van der Waals surface area contributed by atoms with Crippen molar-refractivity contribution in [1.29, 1.82) is 0 Å². The van der Waals surface area contributed by atoms with E-state index in [1.165, 1.54) is 12.1 Å². The van der Waals surface area contributed by atoms with Gasteiger partial charge in [-0.15, -0.1) is 10.2 Å². The number of ketones is 1. The molecule has 4 aromatic rings. The molecule has 9 heteroatoms. The zero-order chi connectivity index (χ0) is 19.0. The van der Waals surface area contributed by atoms with Crippen molar-refractivity contribution in [2.75, 3.05) is 0 Å². The average Bonchev–Trinajstić information content (AvgIpc) is 3.28. The summed E-state index contributed by atoms with van der Waals surface area (Å²) in [5, 5.41) is 12.3. The van der Waals surface area contributed by atoms with E-state index in [4.69, 9.17) is 0 Å². The fraction of sp³-hybridized carbons (Fsp3) is 0.111. The van der Waals surface area contributed by atoms with Crippen LogP contribution in [0.2, 0.25) is 0 Å². The average molecular weight is 371 g/mol. The van der Waals surface area contributed by atoms with Gasteiger partial charge in [0.15, 0.2) is 5.78 Å². The molecular weight excluding hydrogens is 359 g/mol. The van der Waals surface area contributed by atoms with Crippen LogP contribution in [0.25, 0.3) is 22.3 Å². The van der Waals surface area contributed by atoms with E-state index in [0.29, 0.717) is 5.56 Å². The molecule has 1 N–H and O–H groups in total. The minimum atomic E-state index is -4.46. The third kappa shape index (κ3) is 3.31. The fourth-order valence-corrected chi connectivity index (χ4v) is 2.78. The molecule has 0 aliphatic heterocycles. The second kappa shape index (κ2) is 6.35. The maximum absolute atomic E-state index is 12.8. The van der Waals surface area contributed by atoms with E-state index in [0.717, 1.165) is 27.8 Å². The van der Waals surface area contributed by atoms with Crippen molar-refractivity contribution >= 4 is 16.7 Å². The summed E-state index contributed by atoms with van der Waals surface area (Å²) in [6.45, 7) is -0.173. The molecule has 0 aliphatic rings. The Bertz CT molecular complexity index is 1130. The highest BCUT2D eigenvalue weighted by atomic mass is 19.4. The number of para-hydroxylation sites is 1. The molecule has 6 nitrogen and oxygen atoms in total. The number of carbonyl (C=O) groups is 1. The molecule has 2 heterocycles. The first-order valence-corrected chi connectivity index (χ1v) is 7.96. The summed E-state index contributed by atoms with van der Waals surface area (Å²) in [6.07, 6.45) is -2.85. The van der Waals surface area contributed by atoms with Crippen molar-refractivity contribution in [3.8, 4) is 11.4 Å². The van der Waals surface area contributed by atoms with Crippen molar-refractivity contribution in [3.05, 3.63) is 65.9 Å². The van der Waals surface area contributed by atoms with E-state index in [-0.39, 0.29) is 23.7 Å². The highest BCUT2D eigenvalue weighted by Gasteiger charge is 2.30. The van der Waals surface area contributed by atoms with Crippen LogP contribution in [-0.4, -0.2) is 31.0 Å². The van der Waals surface area contributed by atoms with Crippen molar-refractivity contribution < 1.29 is 18.0 Å². The van der Waals surface area contributed by atoms with Crippen LogP contribution < -0.4 is 0 Å². The summed E-state index contributed by atoms with van der Waals surface area (Å²) in [5.41, 5.74) is 0.697. The van der Waals surface area contributed by atoms with E-state index < -0.39 is 11.7 Å². The van der Waals surface area contributed by atoms with Crippen LogP contribution in [-0.2, 0) is 12.7 Å². The van der Waals surface area contributed by atoms with Crippen molar-refractivity contribution in [2.45, 2.75) is 12.7 Å². The van der Waals surface area contributed by atoms with Gasteiger partial charge in [0.05, 0.1) is 5.56 Å². The third-order valence-electron chi connectivity index (χ3n) is 4.08. The number of nitrogens with one attached hydrogen (secondary N) is 1. The molecule has 0 fully saturated rings. The summed E-state index contributed by atoms with van der Waals surface area (Å²) in [6, 6.07) is 12.0. The maximum atomic E-state index is 12.8. The highest BCUT2D eigenvalue weighted by Crippen LogP contribution is 2.31. The summed E-state index contributed by atoms with van der Waals surface area (Å²) in [7, 11) is 0. The van der Waals surface area contributed by atoms with Crippen LogP contribution in [0.4, 0.5) is 13.2 Å². The lowest BCUT2D eigenvalue weighted by Gasteiger charge is -2.06. The normalized spacial score (nSPS) is 11.8. The molecule has 0 saturated carbocycles. The van der Waals surface area contributed by atoms with Crippen LogP contribution in [0, 0.1) is 0 Å². The van der Waals surface area contributed by atoms with Gasteiger partial charge in [-0.3, -0.25) is 4.79 Å². The number of alkyl halides is 3. The molecule has 27 heavy (non-hydrogen) atoms. The highest BCUT2D eigenvalue weighted by molar-refractivity contribution is 6.07. The van der Waals surface area contributed by atoms with E-state index in [2.05, 4.69) is 20.4 Å². The summed E-state index contributed by atoms with van der Waals surface area (Å²) < 4.78 is 38.5. The lowest BCUT2D eigenvalue weighted by Crippen LogP contribution is -2.13. The van der Waals surface area contributed by atoms with Crippen LogP contribution in [0.3, 0.4) is 0 Å². The molecule has 0 spiro atoms. The van der Waals surface area contributed by atoms with Crippen molar-refractivity contribution in [3.63, 3.8) is 0 Å². The molecule has 0 radical (unpaired) electrons. The Morgan fingerprint density at radius 2 is 1.93 bits per heavy atom. The van der Waals surface area contributed by atoms with Gasteiger partial charge in [0.1, 0.15) is 6.54 Å². The Morgan fingerprint density at radius 1 is 1.11 bits per heavy atom. The number of H-pyrrole nitrogens is 1. The quantitative estimate of drug-likeness (QED) is 0.555. The molecule has 4 rings (SSSR count). The molecule has 0 saturated heterocycles. The van der Waals surface area contributed by atoms with Crippen LogP contribution in [0.5, 0.6) is 0 Å². The number of halogens is 3. The van der Waals surface area contributed by atoms with Crippen LogP contribution in [0.15, 0.2) is 54.7 Å². The van der Waals surface area contributed by atoms with Crippen molar-refractivity contribution in [2.24, 2.45) is 0 Å². The molecule has 0 amide bonds. The topological polar surface area (TPSA) is 76.5 Å². The Kier molecular flexibility index (Phi) is 3.98. The summed E-state index contributed by atoms with van der Waals surface area (Å²) >= 11 is 0. The third-order valence-corrected chi connectivity index (χ3v) is 4.08. The fourth-order valence-electron chi connectivity index (χ4n) is 2.78. The Labute approximate surface area is 150 Å². The van der Waals surface area contributed by atoms with Gasteiger partial charge >= 0.3 is 6.18 Å². The minimum Gasteiger partial charge on any atom is -0.360 e. The number of fused-ring (bicyclic) bond motifs is 1. The SMILES string of the molecule is O=C(Cn1nnc(-c2cccc(C(F)(F)F)c2)n1)c1c[nH]c2ccccc12. The second-order valence-corrected chi connectivity index (χ2v) is 5.89. The van der Waals surface area contributed by atoms with E-state index in [1.54, 1.807) is 6.20 Å². The Hall–Kier alpha value is -3.49. The predicted molar refractivity (Wildman–Crippen MR) is 90.9 cm³/mol. The number of aromatic nitrogens is 5. The molecule has 2 aromatic carbocycles. The smallest absolute Gasteiger partial charge is 0.360 e. The molecule has 0 aliphatic carbocycles. The first-order chi connectivity index (χ1) is 12.9. The zero-order valence-electron chi connectivity index (χ0n) is 13.7. The van der Waals surface area contributed by atoms with E-state index in [1.807, 2.05) is 24.3 Å². The molecule has 2 aromatic heterocycles. The monoisotopic (exact) mass is 371 g/mol. The molecule has 0 bridgehead atoms. The van der Waals surface area contributed by atoms with E-state index >= 15 is 0 Å². The van der Waals surface area contributed by atoms with Gasteiger partial charge in [-0.05, 0) is 23.4 Å². The van der Waals surface area contributed by atoms with Gasteiger partial charge < -0.3 is 4.98 Å². The number of rotatable bonds is 4. The number of Topliss-reactive ketones (excluding diaryl/α,β-unsaturated/α-hetero) is 1. The van der Waals surface area contributed by atoms with Gasteiger partial charge in [-0.1, -0.05) is 30.3 Å². The first kappa shape index (κ1) is 17.0. The number of nitrogens with zero attached hydrogens (tertiary/aromatic N) is 4. The standard InChI is InChI=1S/C18H12F3N5O/c19-18(20,21)12-5-3-4-11(8-12)17-23-25-26(24-17)10-16(27)14-9-22-15-7-2-1-6-13(14)15/h1-9,22H,10H2. The second-order valence-electron chi connectivity index (χ2n) is 5.89. The molecule has 136 valence electrons. The van der Waals surface area contributed by atoms with Gasteiger partial charge in [0.2, 0.25) is 5.82 Å². The number of tetrazole rings is 1. The van der Waals surface area contributed by atoms with Gasteiger partial charge in [0.25, 0.3) is 0 Å². The summed E-state index contributed by atoms with van der Waals surface area (Å²) in [5.74, 6) is -0.215. The lowest BCUT2D eigenvalue weighted by molar-refractivity contribution is -0.137. The maximum Gasteiger partial charge on any atom is 0.416 e. The predicted octanol–water partition coefficient (Wildman–Crippen LogP) is 3.72. The first-order valence-electron chi connectivity index (χ1n) is 7.96. The van der Waals surface area contributed by atoms with Gasteiger partial charge in [-0.25, -0.2) is 0 Å². The zero-order valence-corrected chi connectivity index (χ0v) is 13.7. The molecule has 0 unspecified atom stereocenters. The largest absolute Gasteiger partial charge is 0.416 e. The Morgan fingerprint density at radius 3 is 2.74 bits per heavy atom. The van der Waals surface area contributed by atoms with Crippen LogP contribution >= 0.6 is 0 Å². The number of hydrogen-bond donors (Lipinski definition) is 1. The van der Waals surface area contributed by atoms with Crippen molar-refractivity contribution in [1.82, 2.24) is 25.2 Å². The molecule has 0 atom stereocenters. The van der Waals surface area contributed by atoms with E-state index in [9.17, 15) is 18.0 Å². The lowest BCUT2D eigenvalue weighted by atomic mass is 10.1. The number of aromatic amines is 1. The summed E-state index contributed by atoms with van der Waals surface area (Å²) in [4.78, 5) is 16.6. The molecular formula is C18H12F3N5O. The number of carbonyl (C=O) groups excluding carboxylic acids is 1.